The van der Waals surface area contributed by atoms with E-state index in [2.05, 4.69) is 4.98 Å². The molecule has 2 aromatic rings. The molecule has 0 radical (unpaired) electrons. The molecule has 0 unspecified atom stereocenters. The number of carbonyl (C=O) groups excluding carboxylic acids is 1. The van der Waals surface area contributed by atoms with Gasteiger partial charge in [-0.1, -0.05) is 19.9 Å². The Bertz CT molecular complexity index is 665. The Balaban J connectivity index is 2.54. The first-order valence-corrected chi connectivity index (χ1v) is 6.57. The summed E-state index contributed by atoms with van der Waals surface area (Å²) in [4.78, 5) is 16.0. The number of oxazole rings is 1. The number of carbonyl (C=O) groups is 1. The molecule has 1 aromatic heterocycles. The highest BCUT2D eigenvalue weighted by atomic mass is 19.2. The highest BCUT2D eigenvalue weighted by Crippen LogP contribution is 2.29. The van der Waals surface area contributed by atoms with Crippen LogP contribution in [0.5, 0.6) is 0 Å². The number of nitrogens with zero attached hydrogens (tertiary/aromatic N) is 1. The SMILES string of the molecule is CCOC(=O)c1oc(-c2cccc(F)c2F)nc1C(C)C. The van der Waals surface area contributed by atoms with Gasteiger partial charge in [0.15, 0.2) is 11.6 Å². The molecule has 0 aliphatic carbocycles. The van der Waals surface area contributed by atoms with Crippen molar-refractivity contribution < 1.29 is 22.7 Å². The highest BCUT2D eigenvalue weighted by molar-refractivity contribution is 5.88. The van der Waals surface area contributed by atoms with Crippen molar-refractivity contribution in [1.82, 2.24) is 4.98 Å². The number of hydrogen-bond donors (Lipinski definition) is 0. The molecule has 0 fully saturated rings. The van der Waals surface area contributed by atoms with Crippen molar-refractivity contribution in [3.05, 3.63) is 41.3 Å². The number of halogens is 2. The molecule has 0 N–H and O–H groups in total. The second kappa shape index (κ2) is 6.03. The Kier molecular flexibility index (Phi) is 4.35. The predicted molar refractivity (Wildman–Crippen MR) is 71.9 cm³/mol. The fourth-order valence-electron chi connectivity index (χ4n) is 1.85. The number of esters is 1. The number of hydrogen-bond acceptors (Lipinski definition) is 4. The van der Waals surface area contributed by atoms with Crippen molar-refractivity contribution in [2.75, 3.05) is 6.61 Å². The molecule has 0 amide bonds. The van der Waals surface area contributed by atoms with E-state index in [1.807, 2.05) is 13.8 Å². The van der Waals surface area contributed by atoms with E-state index in [0.717, 1.165) is 6.07 Å². The van der Waals surface area contributed by atoms with Gasteiger partial charge in [0.2, 0.25) is 11.7 Å². The molecule has 0 bridgehead atoms. The minimum atomic E-state index is -1.07. The van der Waals surface area contributed by atoms with Crippen LogP contribution in [0.1, 0.15) is 42.9 Å². The first-order chi connectivity index (χ1) is 9.95. The molecule has 2 rings (SSSR count). The van der Waals surface area contributed by atoms with E-state index in [-0.39, 0.29) is 29.7 Å². The Hall–Kier alpha value is -2.24. The summed E-state index contributed by atoms with van der Waals surface area (Å²) in [5, 5.41) is 0. The maximum atomic E-state index is 13.8. The van der Waals surface area contributed by atoms with E-state index in [1.165, 1.54) is 12.1 Å². The van der Waals surface area contributed by atoms with Gasteiger partial charge in [0.05, 0.1) is 17.9 Å². The summed E-state index contributed by atoms with van der Waals surface area (Å²) in [7, 11) is 0. The van der Waals surface area contributed by atoms with Gasteiger partial charge in [-0.3, -0.25) is 0 Å². The van der Waals surface area contributed by atoms with Crippen LogP contribution in [-0.4, -0.2) is 17.6 Å². The van der Waals surface area contributed by atoms with Gasteiger partial charge in [0.1, 0.15) is 0 Å². The van der Waals surface area contributed by atoms with E-state index in [4.69, 9.17) is 9.15 Å². The maximum Gasteiger partial charge on any atom is 0.376 e. The van der Waals surface area contributed by atoms with Crippen LogP contribution in [0.2, 0.25) is 0 Å². The zero-order chi connectivity index (χ0) is 15.6. The predicted octanol–water partition coefficient (Wildman–Crippen LogP) is 3.92. The topological polar surface area (TPSA) is 52.3 Å². The molecule has 112 valence electrons. The second-order valence-electron chi connectivity index (χ2n) is 4.71. The Morgan fingerprint density at radius 3 is 2.71 bits per heavy atom. The number of aromatic nitrogens is 1. The third-order valence-electron chi connectivity index (χ3n) is 2.84. The smallest absolute Gasteiger partial charge is 0.376 e. The van der Waals surface area contributed by atoms with Gasteiger partial charge in [0.25, 0.3) is 0 Å². The molecule has 0 saturated heterocycles. The number of ether oxygens (including phenoxy) is 1. The van der Waals surface area contributed by atoms with E-state index >= 15 is 0 Å². The van der Waals surface area contributed by atoms with Crippen molar-refractivity contribution in [2.45, 2.75) is 26.7 Å². The van der Waals surface area contributed by atoms with Gasteiger partial charge in [-0.05, 0) is 25.0 Å². The third kappa shape index (κ3) is 2.94. The van der Waals surface area contributed by atoms with E-state index in [9.17, 15) is 13.6 Å². The standard InChI is InChI=1S/C15H15F2NO3/c1-4-20-15(19)13-12(8(2)3)18-14(21-13)9-6-5-7-10(16)11(9)17/h5-8H,4H2,1-3H3. The van der Waals surface area contributed by atoms with Crippen LogP contribution in [0.4, 0.5) is 8.78 Å². The fraction of sp³-hybridized carbons (Fsp3) is 0.333. The molecule has 1 aromatic carbocycles. The molecule has 21 heavy (non-hydrogen) atoms. The van der Waals surface area contributed by atoms with E-state index < -0.39 is 17.6 Å². The van der Waals surface area contributed by atoms with Gasteiger partial charge in [0, 0.05) is 0 Å². The van der Waals surface area contributed by atoms with Crippen molar-refractivity contribution in [3.63, 3.8) is 0 Å². The van der Waals surface area contributed by atoms with Crippen LogP contribution in [0.15, 0.2) is 22.6 Å². The first kappa shape index (κ1) is 15.2. The summed E-state index contributed by atoms with van der Waals surface area (Å²) in [6, 6.07) is 3.68. The molecule has 4 nitrogen and oxygen atoms in total. The molecule has 0 saturated carbocycles. The van der Waals surface area contributed by atoms with Crippen molar-refractivity contribution in [2.24, 2.45) is 0 Å². The van der Waals surface area contributed by atoms with Gasteiger partial charge < -0.3 is 9.15 Å². The van der Waals surface area contributed by atoms with E-state index in [1.54, 1.807) is 6.92 Å². The summed E-state index contributed by atoms with van der Waals surface area (Å²) in [6.45, 7) is 5.47. The van der Waals surface area contributed by atoms with Crippen LogP contribution in [-0.2, 0) is 4.74 Å². The Morgan fingerprint density at radius 2 is 2.10 bits per heavy atom. The summed E-state index contributed by atoms with van der Waals surface area (Å²) in [5.74, 6) is -3.08. The molecule has 0 aliphatic rings. The quantitative estimate of drug-likeness (QED) is 0.802. The lowest BCUT2D eigenvalue weighted by atomic mass is 10.1. The molecule has 6 heteroatoms. The molecule has 1 heterocycles. The zero-order valence-electron chi connectivity index (χ0n) is 11.9. The summed E-state index contributed by atoms with van der Waals surface area (Å²) in [6.07, 6.45) is 0. The van der Waals surface area contributed by atoms with Crippen molar-refractivity contribution in [3.8, 4) is 11.5 Å². The monoisotopic (exact) mass is 295 g/mol. The molecule has 0 spiro atoms. The average molecular weight is 295 g/mol. The van der Waals surface area contributed by atoms with Crippen molar-refractivity contribution >= 4 is 5.97 Å². The van der Waals surface area contributed by atoms with Crippen LogP contribution in [0.3, 0.4) is 0 Å². The van der Waals surface area contributed by atoms with Gasteiger partial charge in [-0.2, -0.15) is 0 Å². The van der Waals surface area contributed by atoms with Crippen LogP contribution >= 0.6 is 0 Å². The van der Waals surface area contributed by atoms with Gasteiger partial charge >= 0.3 is 5.97 Å². The largest absolute Gasteiger partial charge is 0.460 e. The molecule has 0 aliphatic heterocycles. The summed E-state index contributed by atoms with van der Waals surface area (Å²) in [5.41, 5.74) is 0.222. The fourth-order valence-corrected chi connectivity index (χ4v) is 1.85. The lowest BCUT2D eigenvalue weighted by molar-refractivity contribution is 0.0488. The number of rotatable bonds is 4. The van der Waals surface area contributed by atoms with Crippen LogP contribution in [0, 0.1) is 11.6 Å². The summed E-state index contributed by atoms with van der Waals surface area (Å²) < 4.78 is 37.3. The minimum absolute atomic E-state index is 0.0782. The van der Waals surface area contributed by atoms with Gasteiger partial charge in [-0.15, -0.1) is 0 Å². The summed E-state index contributed by atoms with van der Waals surface area (Å²) >= 11 is 0. The maximum absolute atomic E-state index is 13.8. The average Bonchev–Trinajstić information content (AvgIpc) is 2.87. The van der Waals surface area contributed by atoms with E-state index in [0.29, 0.717) is 5.69 Å². The van der Waals surface area contributed by atoms with Crippen LogP contribution < -0.4 is 0 Å². The molecular weight excluding hydrogens is 280 g/mol. The first-order valence-electron chi connectivity index (χ1n) is 6.57. The lowest BCUT2D eigenvalue weighted by Crippen LogP contribution is -2.07. The second-order valence-corrected chi connectivity index (χ2v) is 4.71. The molecule has 0 atom stereocenters. The van der Waals surface area contributed by atoms with Crippen molar-refractivity contribution in [1.29, 1.82) is 0 Å². The highest BCUT2D eigenvalue weighted by Gasteiger charge is 2.25. The minimum Gasteiger partial charge on any atom is -0.460 e. The number of benzene rings is 1. The van der Waals surface area contributed by atoms with Gasteiger partial charge in [-0.25, -0.2) is 18.6 Å². The van der Waals surface area contributed by atoms with Crippen LogP contribution in [0.25, 0.3) is 11.5 Å². The Morgan fingerprint density at radius 1 is 1.38 bits per heavy atom. The lowest BCUT2D eigenvalue weighted by Gasteiger charge is -2.02. The third-order valence-corrected chi connectivity index (χ3v) is 2.84. The normalized spacial score (nSPS) is 11.0. The zero-order valence-corrected chi connectivity index (χ0v) is 11.9. The molecular formula is C15H15F2NO3. The Labute approximate surface area is 120 Å².